The van der Waals surface area contributed by atoms with Gasteiger partial charge in [-0.05, 0) is 42.8 Å². The first-order valence-corrected chi connectivity index (χ1v) is 9.53. The van der Waals surface area contributed by atoms with E-state index < -0.39 is 0 Å². The van der Waals surface area contributed by atoms with Gasteiger partial charge in [-0.15, -0.1) is 0 Å². The summed E-state index contributed by atoms with van der Waals surface area (Å²) in [6.07, 6.45) is 0. The van der Waals surface area contributed by atoms with Crippen molar-refractivity contribution in [3.05, 3.63) is 58.1 Å². The molecule has 134 valence electrons. The molecule has 1 N–H and O–H groups in total. The SMILES string of the molecule is CCOc1ccc(Br)cc1C(c1cccc(OC)c1)N1CCNCC1. The van der Waals surface area contributed by atoms with E-state index in [0.717, 1.165) is 42.2 Å². The number of piperazine rings is 1. The molecule has 1 aliphatic rings. The number of rotatable bonds is 6. The molecule has 3 rings (SSSR count). The van der Waals surface area contributed by atoms with Gasteiger partial charge >= 0.3 is 0 Å². The maximum atomic E-state index is 5.95. The zero-order chi connectivity index (χ0) is 17.6. The zero-order valence-electron chi connectivity index (χ0n) is 14.8. The van der Waals surface area contributed by atoms with Crippen molar-refractivity contribution >= 4 is 15.9 Å². The van der Waals surface area contributed by atoms with Crippen LogP contribution in [-0.4, -0.2) is 44.8 Å². The quantitative estimate of drug-likeness (QED) is 0.792. The number of nitrogens with zero attached hydrogens (tertiary/aromatic N) is 1. The Hall–Kier alpha value is -1.56. The lowest BCUT2D eigenvalue weighted by Crippen LogP contribution is -2.45. The van der Waals surface area contributed by atoms with E-state index in [1.54, 1.807) is 7.11 Å². The molecule has 1 unspecified atom stereocenters. The molecule has 0 radical (unpaired) electrons. The summed E-state index contributed by atoms with van der Waals surface area (Å²) >= 11 is 3.63. The van der Waals surface area contributed by atoms with Crippen LogP contribution in [0.1, 0.15) is 24.1 Å². The van der Waals surface area contributed by atoms with Crippen molar-refractivity contribution in [1.29, 1.82) is 0 Å². The molecule has 1 aliphatic heterocycles. The normalized spacial score (nSPS) is 16.4. The van der Waals surface area contributed by atoms with Gasteiger partial charge in [0.2, 0.25) is 0 Å². The summed E-state index contributed by atoms with van der Waals surface area (Å²) in [7, 11) is 1.71. The number of methoxy groups -OCH3 is 1. The first kappa shape index (κ1) is 18.2. The van der Waals surface area contributed by atoms with Gasteiger partial charge in [-0.1, -0.05) is 28.1 Å². The topological polar surface area (TPSA) is 33.7 Å². The van der Waals surface area contributed by atoms with E-state index in [1.165, 1.54) is 11.1 Å². The minimum absolute atomic E-state index is 0.135. The fourth-order valence-corrected chi connectivity index (χ4v) is 3.74. The Morgan fingerprint density at radius 1 is 1.16 bits per heavy atom. The predicted octanol–water partition coefficient (Wildman–Crippen LogP) is 3.85. The van der Waals surface area contributed by atoms with Gasteiger partial charge in [-0.3, -0.25) is 4.90 Å². The van der Waals surface area contributed by atoms with Gasteiger partial charge in [-0.25, -0.2) is 0 Å². The minimum Gasteiger partial charge on any atom is -0.497 e. The molecule has 4 nitrogen and oxygen atoms in total. The summed E-state index contributed by atoms with van der Waals surface area (Å²) in [6, 6.07) is 14.8. The molecule has 2 aromatic carbocycles. The summed E-state index contributed by atoms with van der Waals surface area (Å²) in [5.41, 5.74) is 2.41. The number of hydrogen-bond donors (Lipinski definition) is 1. The molecule has 5 heteroatoms. The van der Waals surface area contributed by atoms with Gasteiger partial charge in [0.15, 0.2) is 0 Å². The lowest BCUT2D eigenvalue weighted by molar-refractivity contribution is 0.194. The first-order valence-electron chi connectivity index (χ1n) is 8.74. The fraction of sp³-hybridized carbons (Fsp3) is 0.400. The Morgan fingerprint density at radius 2 is 1.96 bits per heavy atom. The number of hydrogen-bond acceptors (Lipinski definition) is 4. The van der Waals surface area contributed by atoms with Crippen LogP contribution in [0.5, 0.6) is 11.5 Å². The van der Waals surface area contributed by atoms with Crippen LogP contribution >= 0.6 is 15.9 Å². The molecule has 1 fully saturated rings. The molecule has 1 heterocycles. The minimum atomic E-state index is 0.135. The first-order chi connectivity index (χ1) is 12.2. The van der Waals surface area contributed by atoms with E-state index in [4.69, 9.17) is 9.47 Å². The number of ether oxygens (including phenoxy) is 2. The van der Waals surface area contributed by atoms with Crippen LogP contribution in [0.2, 0.25) is 0 Å². The largest absolute Gasteiger partial charge is 0.497 e. The monoisotopic (exact) mass is 404 g/mol. The molecule has 2 aromatic rings. The highest BCUT2D eigenvalue weighted by Gasteiger charge is 2.27. The predicted molar refractivity (Wildman–Crippen MR) is 105 cm³/mol. The lowest BCUT2D eigenvalue weighted by Gasteiger charge is -2.36. The Morgan fingerprint density at radius 3 is 2.68 bits per heavy atom. The molecular weight excluding hydrogens is 380 g/mol. The van der Waals surface area contributed by atoms with Crippen LogP contribution in [0.3, 0.4) is 0 Å². The van der Waals surface area contributed by atoms with E-state index in [9.17, 15) is 0 Å². The molecular formula is C20H25BrN2O2. The Balaban J connectivity index is 2.08. The van der Waals surface area contributed by atoms with Crippen molar-refractivity contribution in [2.45, 2.75) is 13.0 Å². The average molecular weight is 405 g/mol. The van der Waals surface area contributed by atoms with E-state index in [1.807, 2.05) is 19.1 Å². The zero-order valence-corrected chi connectivity index (χ0v) is 16.4. The van der Waals surface area contributed by atoms with E-state index in [2.05, 4.69) is 56.5 Å². The third-order valence-corrected chi connectivity index (χ3v) is 4.99. The molecule has 1 atom stereocenters. The molecule has 0 amide bonds. The molecule has 0 saturated carbocycles. The lowest BCUT2D eigenvalue weighted by atomic mass is 9.95. The van der Waals surface area contributed by atoms with Gasteiger partial charge in [0.25, 0.3) is 0 Å². The summed E-state index contributed by atoms with van der Waals surface area (Å²) < 4.78 is 12.5. The van der Waals surface area contributed by atoms with Crippen LogP contribution in [0, 0.1) is 0 Å². The van der Waals surface area contributed by atoms with Crippen LogP contribution in [0.4, 0.5) is 0 Å². The van der Waals surface area contributed by atoms with Crippen molar-refractivity contribution in [1.82, 2.24) is 10.2 Å². The Kier molecular flexibility index (Phi) is 6.34. The maximum absolute atomic E-state index is 5.95. The van der Waals surface area contributed by atoms with Crippen molar-refractivity contribution in [3.8, 4) is 11.5 Å². The van der Waals surface area contributed by atoms with E-state index >= 15 is 0 Å². The Labute approximate surface area is 158 Å². The van der Waals surface area contributed by atoms with Gasteiger partial charge < -0.3 is 14.8 Å². The highest BCUT2D eigenvalue weighted by atomic mass is 79.9. The van der Waals surface area contributed by atoms with Crippen molar-refractivity contribution in [3.63, 3.8) is 0 Å². The highest BCUT2D eigenvalue weighted by molar-refractivity contribution is 9.10. The summed E-state index contributed by atoms with van der Waals surface area (Å²) in [5.74, 6) is 1.82. The van der Waals surface area contributed by atoms with Crippen LogP contribution in [-0.2, 0) is 0 Å². The molecule has 25 heavy (non-hydrogen) atoms. The Bertz CT molecular complexity index is 702. The molecule has 1 saturated heterocycles. The van der Waals surface area contributed by atoms with Crippen molar-refractivity contribution < 1.29 is 9.47 Å². The fourth-order valence-electron chi connectivity index (χ4n) is 3.36. The number of nitrogens with one attached hydrogen (secondary N) is 1. The van der Waals surface area contributed by atoms with E-state index in [0.29, 0.717) is 6.61 Å². The molecule has 0 bridgehead atoms. The van der Waals surface area contributed by atoms with Crippen LogP contribution in [0.15, 0.2) is 46.9 Å². The van der Waals surface area contributed by atoms with Gasteiger partial charge in [0, 0.05) is 36.2 Å². The second-order valence-electron chi connectivity index (χ2n) is 6.08. The smallest absolute Gasteiger partial charge is 0.124 e. The second-order valence-corrected chi connectivity index (χ2v) is 7.00. The average Bonchev–Trinajstić information content (AvgIpc) is 2.65. The van der Waals surface area contributed by atoms with Gasteiger partial charge in [0.05, 0.1) is 19.8 Å². The molecule has 0 aliphatic carbocycles. The summed E-state index contributed by atoms with van der Waals surface area (Å²) in [5, 5.41) is 3.44. The van der Waals surface area contributed by atoms with Crippen molar-refractivity contribution in [2.75, 3.05) is 39.9 Å². The second kappa shape index (κ2) is 8.70. The van der Waals surface area contributed by atoms with Crippen LogP contribution < -0.4 is 14.8 Å². The highest BCUT2D eigenvalue weighted by Crippen LogP contribution is 2.37. The third-order valence-electron chi connectivity index (χ3n) is 4.49. The maximum Gasteiger partial charge on any atom is 0.124 e. The third kappa shape index (κ3) is 4.35. The number of halogens is 1. The summed E-state index contributed by atoms with van der Waals surface area (Å²) in [6.45, 7) is 6.68. The van der Waals surface area contributed by atoms with Gasteiger partial charge in [0.1, 0.15) is 11.5 Å². The number of benzene rings is 2. The standard InChI is InChI=1S/C20H25BrN2O2/c1-3-25-19-8-7-16(21)14-18(19)20(23-11-9-22-10-12-23)15-5-4-6-17(13-15)24-2/h4-8,13-14,20,22H,3,9-12H2,1-2H3. The summed E-state index contributed by atoms with van der Waals surface area (Å²) in [4.78, 5) is 2.51. The molecule has 0 aromatic heterocycles. The van der Waals surface area contributed by atoms with Crippen molar-refractivity contribution in [2.24, 2.45) is 0 Å². The van der Waals surface area contributed by atoms with E-state index in [-0.39, 0.29) is 6.04 Å². The van der Waals surface area contributed by atoms with Crippen LogP contribution in [0.25, 0.3) is 0 Å². The van der Waals surface area contributed by atoms with Gasteiger partial charge in [-0.2, -0.15) is 0 Å². The molecule has 0 spiro atoms.